The molecule has 0 radical (unpaired) electrons. The maximum atomic E-state index is 11.4. The number of carbonyl (C=O) groups excluding carboxylic acids is 2. The van der Waals surface area contributed by atoms with Crippen molar-refractivity contribution in [2.45, 2.75) is 32.6 Å². The number of carbonyl (C=O) groups is 3. The molecule has 0 aliphatic carbocycles. The maximum Gasteiger partial charge on any atom is 0.303 e. The minimum atomic E-state index is -0.789. The van der Waals surface area contributed by atoms with Gasteiger partial charge in [0.2, 0.25) is 11.8 Å². The summed E-state index contributed by atoms with van der Waals surface area (Å²) in [5.74, 6) is -0.133. The van der Waals surface area contributed by atoms with Gasteiger partial charge in [-0.3, -0.25) is 14.4 Å². The average molecular weight is 290 g/mol. The fourth-order valence-electron chi connectivity index (χ4n) is 1.40. The van der Waals surface area contributed by atoms with Gasteiger partial charge in [-0.1, -0.05) is 6.92 Å². The monoisotopic (exact) mass is 290 g/mol. The molecule has 0 saturated heterocycles. The van der Waals surface area contributed by atoms with Gasteiger partial charge in [0.15, 0.2) is 0 Å². The lowest BCUT2D eigenvalue weighted by molar-refractivity contribution is -0.137. The Morgan fingerprint density at radius 3 is 2.53 bits per heavy atom. The van der Waals surface area contributed by atoms with Gasteiger partial charge in [0.05, 0.1) is 5.75 Å². The number of aliphatic carboxylic acids is 1. The predicted molar refractivity (Wildman–Crippen MR) is 74.8 cm³/mol. The second-order valence-corrected chi connectivity index (χ2v) is 5.55. The van der Waals surface area contributed by atoms with Crippen molar-refractivity contribution in [3.63, 3.8) is 0 Å². The Morgan fingerprint density at radius 1 is 1.26 bits per heavy atom. The molecule has 0 heterocycles. The van der Waals surface area contributed by atoms with Crippen LogP contribution in [0.1, 0.15) is 32.6 Å². The van der Waals surface area contributed by atoms with Gasteiger partial charge in [0, 0.05) is 25.1 Å². The third-order valence-corrected chi connectivity index (χ3v) is 3.51. The van der Waals surface area contributed by atoms with E-state index in [4.69, 9.17) is 10.8 Å². The molecule has 6 nitrogen and oxygen atoms in total. The minimum absolute atomic E-state index is 0.0533. The lowest BCUT2D eigenvalue weighted by Gasteiger charge is -2.10. The summed E-state index contributed by atoms with van der Waals surface area (Å²) in [5.41, 5.74) is 4.97. The molecule has 0 aromatic carbocycles. The van der Waals surface area contributed by atoms with E-state index < -0.39 is 5.97 Å². The number of rotatable bonds is 11. The van der Waals surface area contributed by atoms with Gasteiger partial charge in [0.1, 0.15) is 0 Å². The van der Waals surface area contributed by atoms with E-state index in [0.29, 0.717) is 25.1 Å². The van der Waals surface area contributed by atoms with Crippen molar-refractivity contribution in [2.75, 3.05) is 18.1 Å². The quantitative estimate of drug-likeness (QED) is 0.483. The molecule has 2 amide bonds. The van der Waals surface area contributed by atoms with Gasteiger partial charge >= 0.3 is 5.97 Å². The summed E-state index contributed by atoms with van der Waals surface area (Å²) in [6.45, 7) is 2.53. The van der Waals surface area contributed by atoms with Crippen LogP contribution in [0.5, 0.6) is 0 Å². The predicted octanol–water partition coefficient (Wildman–Crippen LogP) is 0.602. The second kappa shape index (κ2) is 10.7. The van der Waals surface area contributed by atoms with Gasteiger partial charge in [-0.15, -0.1) is 0 Å². The van der Waals surface area contributed by atoms with Crippen molar-refractivity contribution in [2.24, 2.45) is 11.7 Å². The Labute approximate surface area is 117 Å². The summed E-state index contributed by atoms with van der Waals surface area (Å²) < 4.78 is 0. The fraction of sp³-hybridized carbons (Fsp3) is 0.750. The molecule has 110 valence electrons. The summed E-state index contributed by atoms with van der Waals surface area (Å²) >= 11 is 1.34. The highest BCUT2D eigenvalue weighted by Crippen LogP contribution is 2.09. The zero-order valence-corrected chi connectivity index (χ0v) is 12.0. The first-order valence-electron chi connectivity index (χ1n) is 6.26. The Bertz CT molecular complexity index is 310. The second-order valence-electron chi connectivity index (χ2n) is 4.45. The topological polar surface area (TPSA) is 109 Å². The molecular weight excluding hydrogens is 268 g/mol. The van der Waals surface area contributed by atoms with Gasteiger partial charge < -0.3 is 16.2 Å². The minimum Gasteiger partial charge on any atom is -0.481 e. The molecule has 0 aromatic rings. The molecule has 0 spiro atoms. The first-order chi connectivity index (χ1) is 8.91. The number of nitrogens with one attached hydrogen (secondary N) is 1. The number of primary amides is 1. The highest BCUT2D eigenvalue weighted by atomic mass is 32.2. The van der Waals surface area contributed by atoms with E-state index in [9.17, 15) is 14.4 Å². The standard InChI is InChI=1S/C12H22N2O4S/c1-9(2-3-12(17)18)4-6-14-11(16)5-7-19-8-10(13)15/h9H,2-8H2,1H3,(H2,13,15)(H,14,16)(H,17,18). The van der Waals surface area contributed by atoms with Crippen LogP contribution in [0.3, 0.4) is 0 Å². The Kier molecular flexibility index (Phi) is 9.97. The number of amides is 2. The highest BCUT2D eigenvalue weighted by molar-refractivity contribution is 7.99. The van der Waals surface area contributed by atoms with Crippen LogP contribution < -0.4 is 11.1 Å². The molecule has 0 saturated carbocycles. The Balaban J connectivity index is 3.47. The summed E-state index contributed by atoms with van der Waals surface area (Å²) in [5, 5.41) is 11.3. The van der Waals surface area contributed by atoms with E-state index >= 15 is 0 Å². The fourth-order valence-corrected chi connectivity index (χ4v) is 2.07. The number of carboxylic acids is 1. The van der Waals surface area contributed by atoms with E-state index in [1.807, 2.05) is 6.92 Å². The van der Waals surface area contributed by atoms with Crippen molar-refractivity contribution < 1.29 is 19.5 Å². The van der Waals surface area contributed by atoms with Crippen LogP contribution in [-0.2, 0) is 14.4 Å². The van der Waals surface area contributed by atoms with E-state index in [2.05, 4.69) is 5.32 Å². The molecule has 1 atom stereocenters. The molecule has 0 aliphatic rings. The molecule has 0 bridgehead atoms. The number of hydrogen-bond acceptors (Lipinski definition) is 4. The van der Waals surface area contributed by atoms with Crippen molar-refractivity contribution in [1.29, 1.82) is 0 Å². The largest absolute Gasteiger partial charge is 0.481 e. The number of carboxylic acid groups (broad SMARTS) is 1. The first-order valence-corrected chi connectivity index (χ1v) is 7.41. The van der Waals surface area contributed by atoms with Crippen LogP contribution >= 0.6 is 11.8 Å². The average Bonchev–Trinajstić information content (AvgIpc) is 2.32. The van der Waals surface area contributed by atoms with Crippen molar-refractivity contribution in [1.82, 2.24) is 5.32 Å². The van der Waals surface area contributed by atoms with Crippen LogP contribution in [0.4, 0.5) is 0 Å². The van der Waals surface area contributed by atoms with Gasteiger partial charge in [-0.25, -0.2) is 0 Å². The lowest BCUT2D eigenvalue weighted by atomic mass is 10.0. The molecular formula is C12H22N2O4S. The van der Waals surface area contributed by atoms with Crippen molar-refractivity contribution in [3.05, 3.63) is 0 Å². The van der Waals surface area contributed by atoms with Gasteiger partial charge in [-0.2, -0.15) is 11.8 Å². The van der Waals surface area contributed by atoms with E-state index in [0.717, 1.165) is 6.42 Å². The van der Waals surface area contributed by atoms with Crippen LogP contribution in [0.25, 0.3) is 0 Å². The normalized spacial score (nSPS) is 11.8. The molecule has 19 heavy (non-hydrogen) atoms. The molecule has 4 N–H and O–H groups in total. The summed E-state index contributed by atoms with van der Waals surface area (Å²) in [6, 6.07) is 0. The van der Waals surface area contributed by atoms with Crippen LogP contribution in [0.2, 0.25) is 0 Å². The Hall–Kier alpha value is -1.24. The van der Waals surface area contributed by atoms with Crippen molar-refractivity contribution in [3.8, 4) is 0 Å². The zero-order chi connectivity index (χ0) is 14.7. The van der Waals surface area contributed by atoms with Crippen molar-refractivity contribution >= 4 is 29.5 Å². The smallest absolute Gasteiger partial charge is 0.303 e. The molecule has 0 rings (SSSR count). The first kappa shape index (κ1) is 17.8. The van der Waals surface area contributed by atoms with Crippen LogP contribution in [0.15, 0.2) is 0 Å². The van der Waals surface area contributed by atoms with Gasteiger partial charge in [0.25, 0.3) is 0 Å². The van der Waals surface area contributed by atoms with Crippen LogP contribution in [-0.4, -0.2) is 40.9 Å². The lowest BCUT2D eigenvalue weighted by Crippen LogP contribution is -2.26. The number of nitrogens with two attached hydrogens (primary N) is 1. The molecule has 0 aromatic heterocycles. The summed E-state index contributed by atoms with van der Waals surface area (Å²) in [6.07, 6.45) is 1.92. The highest BCUT2D eigenvalue weighted by Gasteiger charge is 2.07. The number of hydrogen-bond donors (Lipinski definition) is 3. The SMILES string of the molecule is CC(CCNC(=O)CCSCC(N)=O)CCC(=O)O. The molecule has 0 aliphatic heterocycles. The van der Waals surface area contributed by atoms with Crippen LogP contribution in [0, 0.1) is 5.92 Å². The molecule has 0 fully saturated rings. The van der Waals surface area contributed by atoms with E-state index in [-0.39, 0.29) is 29.9 Å². The maximum absolute atomic E-state index is 11.4. The van der Waals surface area contributed by atoms with E-state index in [1.54, 1.807) is 0 Å². The third kappa shape index (κ3) is 13.0. The molecule has 7 heteroatoms. The van der Waals surface area contributed by atoms with E-state index in [1.165, 1.54) is 11.8 Å². The Morgan fingerprint density at radius 2 is 1.95 bits per heavy atom. The number of thioether (sulfide) groups is 1. The molecule has 1 unspecified atom stereocenters. The summed E-state index contributed by atoms with van der Waals surface area (Å²) in [4.78, 5) is 32.2. The zero-order valence-electron chi connectivity index (χ0n) is 11.2. The summed E-state index contributed by atoms with van der Waals surface area (Å²) in [7, 11) is 0. The third-order valence-electron chi connectivity index (χ3n) is 2.53. The van der Waals surface area contributed by atoms with Gasteiger partial charge in [-0.05, 0) is 18.8 Å².